The van der Waals surface area contributed by atoms with Crippen molar-refractivity contribution in [3.63, 3.8) is 0 Å². The molecule has 5 nitrogen and oxygen atoms in total. The molecule has 0 bridgehead atoms. The molecule has 1 atom stereocenters. The van der Waals surface area contributed by atoms with Gasteiger partial charge in [0.2, 0.25) is 5.91 Å². The smallest absolute Gasteiger partial charge is 0.244 e. The number of nitrogens with zero attached hydrogens (tertiary/aromatic N) is 2. The van der Waals surface area contributed by atoms with Crippen LogP contribution < -0.4 is 15.5 Å². The van der Waals surface area contributed by atoms with Crippen molar-refractivity contribution in [2.75, 3.05) is 22.1 Å². The summed E-state index contributed by atoms with van der Waals surface area (Å²) in [7, 11) is 0. The highest BCUT2D eigenvalue weighted by Gasteiger charge is 2.28. The number of pyridine rings is 1. The maximum absolute atomic E-state index is 12.5. The average molecular weight is 367 g/mol. The lowest BCUT2D eigenvalue weighted by atomic mass is 10.1. The Morgan fingerprint density at radius 2 is 2.04 bits per heavy atom. The zero-order valence-corrected chi connectivity index (χ0v) is 17.0. The van der Waals surface area contributed by atoms with Gasteiger partial charge in [-0.25, -0.2) is 4.98 Å². The predicted molar refractivity (Wildman–Crippen MR) is 113 cm³/mol. The van der Waals surface area contributed by atoms with Crippen LogP contribution in [0.3, 0.4) is 0 Å². The summed E-state index contributed by atoms with van der Waals surface area (Å²) < 4.78 is 0. The number of fused-ring (bicyclic) bond motifs is 1. The number of benzene rings is 1. The molecule has 1 aromatic heterocycles. The third-order valence-corrected chi connectivity index (χ3v) is 4.99. The molecule has 0 aliphatic carbocycles. The lowest BCUT2D eigenvalue weighted by molar-refractivity contribution is -0.115. The van der Waals surface area contributed by atoms with E-state index >= 15 is 0 Å². The molecule has 5 heteroatoms. The van der Waals surface area contributed by atoms with E-state index in [1.807, 2.05) is 17.9 Å². The van der Waals surface area contributed by atoms with Gasteiger partial charge in [0, 0.05) is 17.4 Å². The van der Waals surface area contributed by atoms with Gasteiger partial charge in [-0.3, -0.25) is 4.79 Å². The van der Waals surface area contributed by atoms with E-state index in [0.717, 1.165) is 40.6 Å². The van der Waals surface area contributed by atoms with E-state index in [1.54, 1.807) is 0 Å². The van der Waals surface area contributed by atoms with Gasteiger partial charge in [-0.2, -0.15) is 0 Å². The first kappa shape index (κ1) is 19.2. The van der Waals surface area contributed by atoms with Gasteiger partial charge in [0.25, 0.3) is 0 Å². The Hall–Kier alpha value is -2.56. The molecule has 2 aromatic rings. The summed E-state index contributed by atoms with van der Waals surface area (Å²) in [5.74, 6) is 0.795. The first-order chi connectivity index (χ1) is 12.9. The second-order valence-corrected chi connectivity index (χ2v) is 7.62. The van der Waals surface area contributed by atoms with E-state index in [1.165, 1.54) is 18.4 Å². The van der Waals surface area contributed by atoms with E-state index < -0.39 is 0 Å². The Bertz CT molecular complexity index is 846. The molecule has 1 amide bonds. The van der Waals surface area contributed by atoms with Crippen LogP contribution in [-0.4, -0.2) is 23.5 Å². The molecule has 0 fully saturated rings. The van der Waals surface area contributed by atoms with Crippen LogP contribution in [0.1, 0.15) is 49.9 Å². The summed E-state index contributed by atoms with van der Waals surface area (Å²) in [5.41, 5.74) is 6.04. The summed E-state index contributed by atoms with van der Waals surface area (Å²) in [4.78, 5) is 19.3. The van der Waals surface area contributed by atoms with E-state index in [2.05, 4.69) is 56.5 Å². The number of carbonyl (C=O) groups excluding carboxylic acids is 1. The van der Waals surface area contributed by atoms with E-state index in [0.29, 0.717) is 6.04 Å². The first-order valence-electron chi connectivity index (χ1n) is 9.82. The molecule has 144 valence electrons. The summed E-state index contributed by atoms with van der Waals surface area (Å²) in [6, 6.07) is 8.66. The lowest BCUT2D eigenvalue weighted by Gasteiger charge is -2.33. The number of nitrogens with one attached hydrogen (secondary N) is 2. The number of aromatic nitrogens is 1. The van der Waals surface area contributed by atoms with Gasteiger partial charge in [0.05, 0.1) is 5.69 Å². The molecule has 2 N–H and O–H groups in total. The molecule has 1 unspecified atom stereocenters. The van der Waals surface area contributed by atoms with E-state index in [-0.39, 0.29) is 12.5 Å². The molecule has 2 heterocycles. The second kappa shape index (κ2) is 7.99. The number of unbranched alkanes of at least 4 members (excludes halogenated alkanes) is 1. The fraction of sp³-hybridized carbons (Fsp3) is 0.455. The van der Waals surface area contributed by atoms with Crippen LogP contribution in [0.15, 0.2) is 24.3 Å². The molecule has 1 aliphatic rings. The second-order valence-electron chi connectivity index (χ2n) is 7.62. The quantitative estimate of drug-likeness (QED) is 0.748. The van der Waals surface area contributed by atoms with Gasteiger partial charge >= 0.3 is 0 Å². The van der Waals surface area contributed by atoms with Gasteiger partial charge < -0.3 is 15.5 Å². The number of aryl methyl sites for hydroxylation is 3. The number of rotatable bonds is 6. The summed E-state index contributed by atoms with van der Waals surface area (Å²) >= 11 is 0. The topological polar surface area (TPSA) is 57.3 Å². The van der Waals surface area contributed by atoms with Crippen molar-refractivity contribution in [2.45, 2.75) is 59.9 Å². The molecule has 1 aliphatic heterocycles. The Morgan fingerprint density at radius 1 is 1.26 bits per heavy atom. The van der Waals surface area contributed by atoms with Crippen molar-refractivity contribution in [3.05, 3.63) is 41.1 Å². The molecule has 0 spiro atoms. The van der Waals surface area contributed by atoms with Crippen LogP contribution >= 0.6 is 0 Å². The minimum atomic E-state index is -0.0163. The molecule has 0 radical (unpaired) electrons. The molecule has 27 heavy (non-hydrogen) atoms. The van der Waals surface area contributed by atoms with Gasteiger partial charge in [-0.05, 0) is 51.8 Å². The van der Waals surface area contributed by atoms with E-state index in [4.69, 9.17) is 4.98 Å². The van der Waals surface area contributed by atoms with Crippen molar-refractivity contribution < 1.29 is 4.79 Å². The average Bonchev–Trinajstić information content (AvgIpc) is 2.60. The minimum absolute atomic E-state index is 0.0163. The Morgan fingerprint density at radius 3 is 2.74 bits per heavy atom. The van der Waals surface area contributed by atoms with Crippen molar-refractivity contribution in [1.82, 2.24) is 4.98 Å². The number of anilines is 4. The van der Waals surface area contributed by atoms with Crippen molar-refractivity contribution in [2.24, 2.45) is 0 Å². The van der Waals surface area contributed by atoms with Crippen molar-refractivity contribution in [3.8, 4) is 0 Å². The molecular weight excluding hydrogens is 336 g/mol. The fourth-order valence-electron chi connectivity index (χ4n) is 3.64. The van der Waals surface area contributed by atoms with Crippen LogP contribution in [-0.2, 0) is 4.79 Å². The monoisotopic (exact) mass is 366 g/mol. The fourth-order valence-corrected chi connectivity index (χ4v) is 3.64. The predicted octanol–water partition coefficient (Wildman–Crippen LogP) is 5.09. The highest BCUT2D eigenvalue weighted by molar-refractivity contribution is 6.06. The largest absolute Gasteiger partial charge is 0.381 e. The molecule has 3 rings (SSSR count). The Labute approximate surface area is 162 Å². The Kier molecular flexibility index (Phi) is 5.68. The summed E-state index contributed by atoms with van der Waals surface area (Å²) in [6.45, 7) is 10.8. The van der Waals surface area contributed by atoms with Gasteiger partial charge in [0.1, 0.15) is 12.2 Å². The minimum Gasteiger partial charge on any atom is -0.381 e. The third-order valence-electron chi connectivity index (χ3n) is 4.99. The maximum atomic E-state index is 12.5. The molecule has 1 aromatic carbocycles. The zero-order chi connectivity index (χ0) is 19.6. The van der Waals surface area contributed by atoms with Crippen LogP contribution in [0.2, 0.25) is 0 Å². The molecule has 0 saturated carbocycles. The van der Waals surface area contributed by atoms with Crippen LogP contribution in [0.5, 0.6) is 0 Å². The standard InChI is InChI=1S/C22H30N4O/c1-6-7-8-16(4)23-18-12-17(5)24-22-21(18)25-20(27)13-26(22)19-10-9-14(2)11-15(19)3/h9-12,16H,6-8,13H2,1-5H3,(H,23,24)(H,25,27). The van der Waals surface area contributed by atoms with Crippen LogP contribution in [0, 0.1) is 20.8 Å². The molecular formula is C22H30N4O. The number of amides is 1. The zero-order valence-electron chi connectivity index (χ0n) is 17.0. The van der Waals surface area contributed by atoms with Gasteiger partial charge in [0.15, 0.2) is 5.82 Å². The van der Waals surface area contributed by atoms with Gasteiger partial charge in [-0.15, -0.1) is 0 Å². The summed E-state index contributed by atoms with van der Waals surface area (Å²) in [5, 5.41) is 6.62. The maximum Gasteiger partial charge on any atom is 0.244 e. The highest BCUT2D eigenvalue weighted by Crippen LogP contribution is 2.40. The van der Waals surface area contributed by atoms with Crippen LogP contribution in [0.4, 0.5) is 22.9 Å². The molecule has 0 saturated heterocycles. The van der Waals surface area contributed by atoms with Crippen molar-refractivity contribution >= 4 is 28.8 Å². The Balaban J connectivity index is 2.02. The van der Waals surface area contributed by atoms with Gasteiger partial charge in [-0.1, -0.05) is 37.5 Å². The lowest BCUT2D eigenvalue weighted by Crippen LogP contribution is -2.37. The normalized spacial score (nSPS) is 14.6. The van der Waals surface area contributed by atoms with Crippen molar-refractivity contribution in [1.29, 1.82) is 0 Å². The van der Waals surface area contributed by atoms with E-state index in [9.17, 15) is 4.79 Å². The SMILES string of the molecule is CCCCC(C)Nc1cc(C)nc2c1NC(=O)CN2c1ccc(C)cc1C. The summed E-state index contributed by atoms with van der Waals surface area (Å²) in [6.07, 6.45) is 3.46. The number of carbonyl (C=O) groups is 1. The number of hydrogen-bond donors (Lipinski definition) is 2. The highest BCUT2D eigenvalue weighted by atomic mass is 16.2. The number of hydrogen-bond acceptors (Lipinski definition) is 4. The van der Waals surface area contributed by atoms with Crippen LogP contribution in [0.25, 0.3) is 0 Å². The third kappa shape index (κ3) is 4.24. The first-order valence-corrected chi connectivity index (χ1v) is 9.82.